The molecule has 0 heterocycles. The van der Waals surface area contributed by atoms with Crippen LogP contribution in [0.2, 0.25) is 10.0 Å². The Labute approximate surface area is 112 Å². The third kappa shape index (κ3) is 3.89. The smallest absolute Gasteiger partial charge is 0.312 e. The topological polar surface area (TPSA) is 72.6 Å². The van der Waals surface area contributed by atoms with Crippen LogP contribution in [0.5, 0.6) is 5.75 Å². The predicted octanol–water partition coefficient (Wildman–Crippen LogP) is 2.88. The lowest BCUT2D eigenvalue weighted by Crippen LogP contribution is -2.19. The van der Waals surface area contributed by atoms with E-state index >= 15 is 0 Å². The van der Waals surface area contributed by atoms with Gasteiger partial charge in [-0.05, 0) is 0 Å². The summed E-state index contributed by atoms with van der Waals surface area (Å²) in [6.07, 6.45) is -0.911. The van der Waals surface area contributed by atoms with Crippen LogP contribution in [0.15, 0.2) is 12.1 Å². The second kappa shape index (κ2) is 6.26. The van der Waals surface area contributed by atoms with Gasteiger partial charge in [0.15, 0.2) is 5.75 Å². The number of hydrogen-bond acceptors (Lipinski definition) is 4. The highest BCUT2D eigenvalue weighted by Crippen LogP contribution is 2.35. The molecule has 1 aromatic rings. The summed E-state index contributed by atoms with van der Waals surface area (Å²) in [4.78, 5) is 10.1. The molecule has 5 nitrogen and oxygen atoms in total. The number of halogens is 3. The lowest BCUT2D eigenvalue weighted by molar-refractivity contribution is -0.385. The van der Waals surface area contributed by atoms with Crippen molar-refractivity contribution in [2.45, 2.75) is 6.10 Å². The normalized spacial score (nSPS) is 12.2. The van der Waals surface area contributed by atoms with Crippen molar-refractivity contribution in [2.75, 3.05) is 12.5 Å². The largest absolute Gasteiger partial charge is 0.484 e. The van der Waals surface area contributed by atoms with Crippen LogP contribution >= 0.6 is 34.8 Å². The summed E-state index contributed by atoms with van der Waals surface area (Å²) in [6, 6.07) is 2.31. The van der Waals surface area contributed by atoms with Gasteiger partial charge in [-0.2, -0.15) is 0 Å². The maximum atomic E-state index is 10.7. The minimum Gasteiger partial charge on any atom is -0.484 e. The van der Waals surface area contributed by atoms with Crippen molar-refractivity contribution >= 4 is 40.5 Å². The molecule has 0 saturated carbocycles. The predicted molar refractivity (Wildman–Crippen MR) is 65.3 cm³/mol. The Balaban J connectivity index is 2.96. The summed E-state index contributed by atoms with van der Waals surface area (Å²) in [6.45, 7) is -0.164. The van der Waals surface area contributed by atoms with Crippen LogP contribution in [-0.4, -0.2) is 28.6 Å². The number of aliphatic hydroxyl groups excluding tert-OH is 1. The highest BCUT2D eigenvalue weighted by molar-refractivity contribution is 6.42. The summed E-state index contributed by atoms with van der Waals surface area (Å²) in [5, 5.41) is 20.1. The number of nitro benzene ring substituents is 1. The first-order valence-electron chi connectivity index (χ1n) is 4.46. The van der Waals surface area contributed by atoms with Crippen molar-refractivity contribution in [1.29, 1.82) is 0 Å². The van der Waals surface area contributed by atoms with Crippen LogP contribution in [-0.2, 0) is 0 Å². The van der Waals surface area contributed by atoms with E-state index in [9.17, 15) is 15.2 Å². The molecule has 1 atom stereocenters. The quantitative estimate of drug-likeness (QED) is 0.515. The molecule has 0 bridgehead atoms. The van der Waals surface area contributed by atoms with Gasteiger partial charge in [0.25, 0.3) is 0 Å². The fourth-order valence-corrected chi connectivity index (χ4v) is 1.41. The molecule has 0 spiro atoms. The Hall–Kier alpha value is -0.750. The Morgan fingerprint density at radius 3 is 2.53 bits per heavy atom. The Morgan fingerprint density at radius 2 is 2.00 bits per heavy atom. The molecule has 0 aliphatic heterocycles. The van der Waals surface area contributed by atoms with Gasteiger partial charge in [0.1, 0.15) is 12.7 Å². The molecule has 0 saturated heterocycles. The molecule has 1 rings (SSSR count). The van der Waals surface area contributed by atoms with Gasteiger partial charge < -0.3 is 9.84 Å². The van der Waals surface area contributed by atoms with E-state index in [-0.39, 0.29) is 34.0 Å². The molecule has 0 amide bonds. The summed E-state index contributed by atoms with van der Waals surface area (Å²) in [5.41, 5.74) is -0.318. The summed E-state index contributed by atoms with van der Waals surface area (Å²) in [5.74, 6) is -0.0941. The van der Waals surface area contributed by atoms with E-state index in [1.54, 1.807) is 0 Å². The minimum atomic E-state index is -0.911. The molecular weight excluding hydrogens is 292 g/mol. The molecule has 1 unspecified atom stereocenters. The third-order valence-corrected chi connectivity index (χ3v) is 2.89. The van der Waals surface area contributed by atoms with E-state index in [4.69, 9.17) is 39.5 Å². The Bertz CT molecular complexity index is 427. The van der Waals surface area contributed by atoms with Crippen molar-refractivity contribution in [2.24, 2.45) is 0 Å². The first-order chi connectivity index (χ1) is 7.95. The third-order valence-electron chi connectivity index (χ3n) is 1.81. The number of ether oxygens (including phenoxy) is 1. The van der Waals surface area contributed by atoms with Crippen molar-refractivity contribution < 1.29 is 14.8 Å². The zero-order valence-electron chi connectivity index (χ0n) is 8.40. The molecule has 1 aromatic carbocycles. The minimum absolute atomic E-state index is 0.0326. The summed E-state index contributed by atoms with van der Waals surface area (Å²) in [7, 11) is 0. The van der Waals surface area contributed by atoms with Gasteiger partial charge in [0.05, 0.1) is 20.8 Å². The van der Waals surface area contributed by atoms with Gasteiger partial charge in [0.2, 0.25) is 0 Å². The first kappa shape index (κ1) is 14.3. The molecule has 0 aromatic heterocycles. The molecule has 17 heavy (non-hydrogen) atoms. The fourth-order valence-electron chi connectivity index (χ4n) is 1.01. The number of rotatable bonds is 5. The van der Waals surface area contributed by atoms with Gasteiger partial charge in [0, 0.05) is 12.1 Å². The number of nitrogens with zero attached hydrogens (tertiary/aromatic N) is 1. The average molecular weight is 301 g/mol. The lowest BCUT2D eigenvalue weighted by Gasteiger charge is -2.10. The highest BCUT2D eigenvalue weighted by atomic mass is 35.5. The molecule has 94 valence electrons. The molecule has 0 aliphatic rings. The van der Waals surface area contributed by atoms with Crippen molar-refractivity contribution in [3.05, 3.63) is 32.3 Å². The number of alkyl halides is 1. The number of nitro groups is 1. The number of aliphatic hydroxyl groups is 1. The summed E-state index contributed by atoms with van der Waals surface area (Å²) < 4.78 is 5.07. The van der Waals surface area contributed by atoms with Gasteiger partial charge >= 0.3 is 5.69 Å². The molecule has 8 heteroatoms. The zero-order chi connectivity index (χ0) is 13.0. The molecule has 1 N–H and O–H groups in total. The van der Waals surface area contributed by atoms with E-state index in [1.807, 2.05) is 0 Å². The molecule has 0 aliphatic carbocycles. The second-order valence-electron chi connectivity index (χ2n) is 3.11. The standard InChI is InChI=1S/C9H8Cl3NO4/c10-3-5(14)4-17-9-2-7(12)6(11)1-8(9)13(15)16/h1-2,5,14H,3-4H2. The van der Waals surface area contributed by atoms with E-state index in [2.05, 4.69) is 0 Å². The van der Waals surface area contributed by atoms with Crippen LogP contribution in [0.25, 0.3) is 0 Å². The Kier molecular flexibility index (Phi) is 5.27. The van der Waals surface area contributed by atoms with Crippen LogP contribution in [0.1, 0.15) is 0 Å². The Morgan fingerprint density at radius 1 is 1.41 bits per heavy atom. The molecule has 0 radical (unpaired) electrons. The monoisotopic (exact) mass is 299 g/mol. The van der Waals surface area contributed by atoms with Gasteiger partial charge in [-0.25, -0.2) is 0 Å². The van der Waals surface area contributed by atoms with Crippen LogP contribution in [0, 0.1) is 10.1 Å². The average Bonchev–Trinajstić information content (AvgIpc) is 2.29. The summed E-state index contributed by atoms with van der Waals surface area (Å²) >= 11 is 16.7. The van der Waals surface area contributed by atoms with Gasteiger partial charge in [-0.15, -0.1) is 11.6 Å². The van der Waals surface area contributed by atoms with E-state index < -0.39 is 11.0 Å². The van der Waals surface area contributed by atoms with Crippen molar-refractivity contribution in [1.82, 2.24) is 0 Å². The fraction of sp³-hybridized carbons (Fsp3) is 0.333. The number of hydrogen-bond donors (Lipinski definition) is 1. The van der Waals surface area contributed by atoms with Crippen LogP contribution < -0.4 is 4.74 Å². The zero-order valence-corrected chi connectivity index (χ0v) is 10.7. The lowest BCUT2D eigenvalue weighted by atomic mass is 10.3. The van der Waals surface area contributed by atoms with E-state index in [0.717, 1.165) is 6.07 Å². The molecular formula is C9H8Cl3NO4. The maximum absolute atomic E-state index is 10.7. The van der Waals surface area contributed by atoms with Crippen LogP contribution in [0.3, 0.4) is 0 Å². The SMILES string of the molecule is O=[N+]([O-])c1cc(Cl)c(Cl)cc1OCC(O)CCl. The molecule has 0 fully saturated rings. The number of benzene rings is 1. The van der Waals surface area contributed by atoms with Crippen molar-refractivity contribution in [3.63, 3.8) is 0 Å². The second-order valence-corrected chi connectivity index (χ2v) is 4.23. The first-order valence-corrected chi connectivity index (χ1v) is 5.75. The van der Waals surface area contributed by atoms with E-state index in [1.165, 1.54) is 6.07 Å². The van der Waals surface area contributed by atoms with Crippen molar-refractivity contribution in [3.8, 4) is 5.75 Å². The van der Waals surface area contributed by atoms with Gasteiger partial charge in [-0.3, -0.25) is 10.1 Å². The van der Waals surface area contributed by atoms with Gasteiger partial charge in [-0.1, -0.05) is 23.2 Å². The maximum Gasteiger partial charge on any atom is 0.312 e. The van der Waals surface area contributed by atoms with E-state index in [0.29, 0.717) is 0 Å². The van der Waals surface area contributed by atoms with Crippen LogP contribution in [0.4, 0.5) is 5.69 Å². The highest BCUT2D eigenvalue weighted by Gasteiger charge is 2.19.